The fourth-order valence-corrected chi connectivity index (χ4v) is 3.24. The van der Waals surface area contributed by atoms with E-state index in [1.165, 1.54) is 17.0 Å². The molecular weight excluding hydrogens is 366 g/mol. The Hall–Kier alpha value is -2.86. The van der Waals surface area contributed by atoms with Gasteiger partial charge in [0.15, 0.2) is 11.6 Å². The van der Waals surface area contributed by atoms with Crippen LogP contribution in [0, 0.1) is 11.6 Å². The van der Waals surface area contributed by atoms with Gasteiger partial charge in [0.1, 0.15) is 0 Å². The molecule has 6 heteroatoms. The molecule has 3 aromatic carbocycles. The minimum absolute atomic E-state index is 0.0356. The van der Waals surface area contributed by atoms with Crippen LogP contribution in [0.5, 0.6) is 0 Å². The predicted octanol–water partition coefficient (Wildman–Crippen LogP) is 5.56. The van der Waals surface area contributed by atoms with Crippen LogP contribution in [0.3, 0.4) is 0 Å². The van der Waals surface area contributed by atoms with Crippen LogP contribution in [-0.4, -0.2) is 24.9 Å². The second kappa shape index (κ2) is 8.22. The van der Waals surface area contributed by atoms with E-state index in [0.29, 0.717) is 11.3 Å². The average Bonchev–Trinajstić information content (AvgIpc) is 2.67. The Morgan fingerprint density at radius 2 is 1.48 bits per heavy atom. The Balaban J connectivity index is 1.67. The molecule has 0 atom stereocenters. The highest BCUT2D eigenvalue weighted by atomic mass is 32.2. The number of halogens is 2. The lowest BCUT2D eigenvalue weighted by atomic mass is 10.2. The van der Waals surface area contributed by atoms with Crippen molar-refractivity contribution in [2.24, 2.45) is 0 Å². The third-order valence-electron chi connectivity index (χ3n) is 3.83. The molecule has 1 amide bonds. The molecule has 0 radical (unpaired) electrons. The van der Waals surface area contributed by atoms with Crippen LogP contribution >= 0.6 is 11.8 Å². The quantitative estimate of drug-likeness (QED) is 0.625. The normalized spacial score (nSPS) is 10.5. The molecule has 1 N–H and O–H groups in total. The Bertz CT molecular complexity index is 941. The zero-order chi connectivity index (χ0) is 19.4. The van der Waals surface area contributed by atoms with Gasteiger partial charge in [-0.15, -0.1) is 0 Å². The number of carbonyl (C=O) groups excluding carboxylic acids is 1. The van der Waals surface area contributed by atoms with E-state index >= 15 is 0 Å². The molecule has 0 saturated carbocycles. The van der Waals surface area contributed by atoms with Gasteiger partial charge in [0.25, 0.3) is 5.91 Å². The van der Waals surface area contributed by atoms with Gasteiger partial charge >= 0.3 is 0 Å². The third kappa shape index (κ3) is 4.65. The lowest BCUT2D eigenvalue weighted by Crippen LogP contribution is -2.21. The summed E-state index contributed by atoms with van der Waals surface area (Å²) in [6, 6.07) is 18.8. The maximum Gasteiger partial charge on any atom is 0.253 e. The van der Waals surface area contributed by atoms with Crippen molar-refractivity contribution in [3.05, 3.63) is 83.9 Å². The molecule has 27 heavy (non-hydrogen) atoms. The van der Waals surface area contributed by atoms with Gasteiger partial charge in [0.05, 0.1) is 5.69 Å². The summed E-state index contributed by atoms with van der Waals surface area (Å²) in [5, 5.41) is 2.87. The SMILES string of the molecule is CN(C)C(=O)c1ccc(Sc2ccc(Nc3cccc(F)c3F)cc2)cc1. The molecule has 3 aromatic rings. The number of hydrogen-bond donors (Lipinski definition) is 1. The van der Waals surface area contributed by atoms with E-state index in [9.17, 15) is 13.6 Å². The molecule has 3 nitrogen and oxygen atoms in total. The Morgan fingerprint density at radius 3 is 2.07 bits per heavy atom. The standard InChI is InChI=1S/C21H18F2N2OS/c1-25(2)21(26)14-6-10-16(11-7-14)27-17-12-8-15(9-13-17)24-19-5-3-4-18(22)20(19)23/h3-13,24H,1-2H3. The highest BCUT2D eigenvalue weighted by Crippen LogP contribution is 2.30. The van der Waals surface area contributed by atoms with Crippen molar-refractivity contribution in [3.8, 4) is 0 Å². The summed E-state index contributed by atoms with van der Waals surface area (Å²) >= 11 is 1.55. The summed E-state index contributed by atoms with van der Waals surface area (Å²) in [6.07, 6.45) is 0. The van der Waals surface area contributed by atoms with E-state index in [4.69, 9.17) is 0 Å². The first-order valence-electron chi connectivity index (χ1n) is 8.25. The Labute approximate surface area is 161 Å². The van der Waals surface area contributed by atoms with Gasteiger partial charge in [-0.05, 0) is 60.7 Å². The van der Waals surface area contributed by atoms with Crippen molar-refractivity contribution in [1.82, 2.24) is 4.90 Å². The van der Waals surface area contributed by atoms with Crippen LogP contribution in [0.15, 0.2) is 76.5 Å². The first-order valence-corrected chi connectivity index (χ1v) is 9.06. The molecule has 0 aromatic heterocycles. The summed E-state index contributed by atoms with van der Waals surface area (Å²) in [5.41, 5.74) is 1.40. The molecule has 0 spiro atoms. The molecule has 0 bridgehead atoms. The lowest BCUT2D eigenvalue weighted by Gasteiger charge is -2.11. The van der Waals surface area contributed by atoms with Gasteiger partial charge in [-0.25, -0.2) is 8.78 Å². The van der Waals surface area contributed by atoms with Gasteiger partial charge in [0, 0.05) is 35.1 Å². The number of amides is 1. The van der Waals surface area contributed by atoms with Crippen molar-refractivity contribution in [2.75, 3.05) is 19.4 Å². The number of nitrogens with zero attached hydrogens (tertiary/aromatic N) is 1. The Morgan fingerprint density at radius 1 is 0.889 bits per heavy atom. The van der Waals surface area contributed by atoms with Crippen molar-refractivity contribution in [2.45, 2.75) is 9.79 Å². The molecule has 138 valence electrons. The maximum absolute atomic E-state index is 13.7. The molecule has 0 aliphatic heterocycles. The number of carbonyl (C=O) groups is 1. The molecule has 0 aliphatic carbocycles. The first-order chi connectivity index (χ1) is 12.9. The average molecular weight is 384 g/mol. The highest BCUT2D eigenvalue weighted by Gasteiger charge is 2.09. The second-order valence-electron chi connectivity index (χ2n) is 6.08. The Kier molecular flexibility index (Phi) is 5.76. The zero-order valence-corrected chi connectivity index (χ0v) is 15.7. The minimum Gasteiger partial charge on any atom is -0.353 e. The van der Waals surface area contributed by atoms with E-state index in [1.807, 2.05) is 24.3 Å². The van der Waals surface area contributed by atoms with Gasteiger partial charge in [-0.2, -0.15) is 0 Å². The van der Waals surface area contributed by atoms with Gasteiger partial charge in [-0.1, -0.05) is 17.8 Å². The topological polar surface area (TPSA) is 32.3 Å². The summed E-state index contributed by atoms with van der Waals surface area (Å²) < 4.78 is 27.0. The van der Waals surface area contributed by atoms with E-state index in [2.05, 4.69) is 5.32 Å². The van der Waals surface area contributed by atoms with E-state index in [1.54, 1.807) is 50.1 Å². The summed E-state index contributed by atoms with van der Waals surface area (Å²) in [4.78, 5) is 15.4. The number of hydrogen-bond acceptors (Lipinski definition) is 3. The fraction of sp³-hybridized carbons (Fsp3) is 0.0952. The molecule has 3 rings (SSSR count). The van der Waals surface area contributed by atoms with Crippen molar-refractivity contribution in [3.63, 3.8) is 0 Å². The van der Waals surface area contributed by atoms with Crippen LogP contribution in [0.2, 0.25) is 0 Å². The van der Waals surface area contributed by atoms with Gasteiger partial charge in [0.2, 0.25) is 0 Å². The summed E-state index contributed by atoms with van der Waals surface area (Å²) in [5.74, 6) is -1.82. The molecular formula is C21H18F2N2OS. The molecule has 0 heterocycles. The largest absolute Gasteiger partial charge is 0.353 e. The monoisotopic (exact) mass is 384 g/mol. The first kappa shape index (κ1) is 18.9. The van der Waals surface area contributed by atoms with Crippen LogP contribution in [0.4, 0.5) is 20.2 Å². The van der Waals surface area contributed by atoms with Crippen molar-refractivity contribution in [1.29, 1.82) is 0 Å². The van der Waals surface area contributed by atoms with Crippen molar-refractivity contribution < 1.29 is 13.6 Å². The van der Waals surface area contributed by atoms with Crippen molar-refractivity contribution >= 4 is 29.0 Å². The zero-order valence-electron chi connectivity index (χ0n) is 14.9. The van der Waals surface area contributed by atoms with Gasteiger partial charge < -0.3 is 10.2 Å². The fourth-order valence-electron chi connectivity index (χ4n) is 2.42. The molecule has 0 unspecified atom stereocenters. The molecule has 0 saturated heterocycles. The van der Waals surface area contributed by atoms with Gasteiger partial charge in [-0.3, -0.25) is 4.79 Å². The third-order valence-corrected chi connectivity index (χ3v) is 4.84. The molecule has 0 fully saturated rings. The number of benzene rings is 3. The maximum atomic E-state index is 13.7. The van der Waals surface area contributed by atoms with E-state index in [-0.39, 0.29) is 11.6 Å². The van der Waals surface area contributed by atoms with Crippen LogP contribution in [0.1, 0.15) is 10.4 Å². The smallest absolute Gasteiger partial charge is 0.253 e. The van der Waals surface area contributed by atoms with Crippen LogP contribution < -0.4 is 5.32 Å². The highest BCUT2D eigenvalue weighted by molar-refractivity contribution is 7.99. The number of rotatable bonds is 5. The second-order valence-corrected chi connectivity index (χ2v) is 7.22. The lowest BCUT2D eigenvalue weighted by molar-refractivity contribution is 0.0827. The number of anilines is 2. The minimum atomic E-state index is -0.900. The van der Waals surface area contributed by atoms with E-state index in [0.717, 1.165) is 15.9 Å². The molecule has 0 aliphatic rings. The summed E-state index contributed by atoms with van der Waals surface area (Å²) in [6.45, 7) is 0. The summed E-state index contributed by atoms with van der Waals surface area (Å²) in [7, 11) is 3.44. The predicted molar refractivity (Wildman–Crippen MR) is 105 cm³/mol. The van der Waals surface area contributed by atoms with E-state index < -0.39 is 11.6 Å². The van der Waals surface area contributed by atoms with Crippen LogP contribution in [0.25, 0.3) is 0 Å². The number of nitrogens with one attached hydrogen (secondary N) is 1. The van der Waals surface area contributed by atoms with Crippen LogP contribution in [-0.2, 0) is 0 Å².